The molecule has 6 heteroatoms. The summed E-state index contributed by atoms with van der Waals surface area (Å²) in [5.74, 6) is -0.378. The second kappa shape index (κ2) is 7.85. The maximum Gasteiger partial charge on any atom is 0.245 e. The molecule has 0 fully saturated rings. The lowest BCUT2D eigenvalue weighted by Gasteiger charge is -2.07. The van der Waals surface area contributed by atoms with Crippen molar-refractivity contribution in [2.75, 3.05) is 13.2 Å². The first-order valence-corrected chi connectivity index (χ1v) is 5.08. The average molecular weight is 220 g/mol. The lowest BCUT2D eigenvalue weighted by atomic mass is 10.1. The number of hydrogen-bond acceptors (Lipinski definition) is 4. The Morgan fingerprint density at radius 1 is 1.43 bits per heavy atom. The van der Waals surface area contributed by atoms with E-state index >= 15 is 0 Å². The van der Waals surface area contributed by atoms with Gasteiger partial charge in [0, 0.05) is 6.54 Å². The van der Waals surface area contributed by atoms with Crippen molar-refractivity contribution in [3.05, 3.63) is 0 Å². The molecular weight excluding hydrogens is 203 g/mol. The Morgan fingerprint density at radius 3 is 2.57 bits per heavy atom. The third-order valence-corrected chi connectivity index (χ3v) is 2.20. The van der Waals surface area contributed by atoms with Crippen molar-refractivity contribution in [3.63, 3.8) is 0 Å². The summed E-state index contributed by atoms with van der Waals surface area (Å²) in [6.07, 6.45) is 2.17. The lowest BCUT2D eigenvalue weighted by molar-refractivity contribution is -0.123. The zero-order chi connectivity index (χ0) is 11.0. The highest BCUT2D eigenvalue weighted by molar-refractivity contribution is 7.40. The number of aliphatic hydroxyl groups excluding tert-OH is 1. The maximum atomic E-state index is 10.7. The fourth-order valence-electron chi connectivity index (χ4n) is 0.915. The Balaban J connectivity index is 3.30. The molecule has 0 aliphatic rings. The van der Waals surface area contributed by atoms with Crippen LogP contribution in [0, 0.1) is 0 Å². The summed E-state index contributed by atoms with van der Waals surface area (Å²) in [6, 6.07) is -0.423. The molecule has 0 bridgehead atoms. The normalized spacial score (nSPS) is 12.2. The van der Waals surface area contributed by atoms with Crippen LogP contribution in [-0.4, -0.2) is 35.7 Å². The minimum atomic E-state index is -0.483. The Kier molecular flexibility index (Phi) is 7.57. The van der Waals surface area contributed by atoms with Crippen LogP contribution in [0.2, 0.25) is 0 Å². The third kappa shape index (κ3) is 6.95. The highest BCUT2D eigenvalue weighted by Gasteiger charge is 2.06. The Bertz CT molecular complexity index is 199. The molecular formula is C8H17N2O3P. The first-order valence-electron chi connectivity index (χ1n) is 4.50. The first-order chi connectivity index (χ1) is 6.57. The van der Waals surface area contributed by atoms with Gasteiger partial charge in [0.2, 0.25) is 5.91 Å². The van der Waals surface area contributed by atoms with Crippen LogP contribution in [0.1, 0.15) is 19.3 Å². The molecule has 0 heterocycles. The molecule has 0 aliphatic carbocycles. The van der Waals surface area contributed by atoms with E-state index in [4.69, 9.17) is 10.8 Å². The number of amides is 1. The van der Waals surface area contributed by atoms with Gasteiger partial charge in [0.15, 0.2) is 5.52 Å². The number of unbranched alkanes of at least 4 members (excludes halogenated alkanes) is 1. The topological polar surface area (TPSA) is 92.4 Å². The maximum absolute atomic E-state index is 10.7. The van der Waals surface area contributed by atoms with E-state index in [9.17, 15) is 9.59 Å². The van der Waals surface area contributed by atoms with Gasteiger partial charge in [-0.3, -0.25) is 9.59 Å². The van der Waals surface area contributed by atoms with Crippen molar-refractivity contribution >= 4 is 20.7 Å². The van der Waals surface area contributed by atoms with Crippen molar-refractivity contribution in [2.24, 2.45) is 5.73 Å². The smallest absolute Gasteiger partial charge is 0.245 e. The van der Waals surface area contributed by atoms with Crippen molar-refractivity contribution < 1.29 is 14.7 Å². The van der Waals surface area contributed by atoms with E-state index in [1.165, 1.54) is 0 Å². The Morgan fingerprint density at radius 2 is 2.07 bits per heavy atom. The zero-order valence-electron chi connectivity index (χ0n) is 8.03. The van der Waals surface area contributed by atoms with Gasteiger partial charge in [-0.05, 0) is 19.3 Å². The molecule has 2 unspecified atom stereocenters. The molecule has 0 spiro atoms. The molecule has 14 heavy (non-hydrogen) atoms. The highest BCUT2D eigenvalue weighted by atomic mass is 31.0. The quantitative estimate of drug-likeness (QED) is 0.379. The minimum absolute atomic E-state index is 0.0932. The lowest BCUT2D eigenvalue weighted by Crippen LogP contribution is -2.28. The summed E-state index contributed by atoms with van der Waals surface area (Å²) < 4.78 is 0. The van der Waals surface area contributed by atoms with Gasteiger partial charge in [-0.1, -0.05) is 9.24 Å². The van der Waals surface area contributed by atoms with Crippen LogP contribution in [0.15, 0.2) is 0 Å². The summed E-state index contributed by atoms with van der Waals surface area (Å²) in [6.45, 7) is 0.0285. The number of hydrogen-bond donors (Lipinski definition) is 3. The fraction of sp³-hybridized carbons (Fsp3) is 0.750. The standard InChI is InChI=1S/C8H17N2O3P/c9-6(8(13)14)3-1-2-4-10-7(12)5-11/h6,11H,1-5,9,14H2,(H,10,12). The molecule has 0 radical (unpaired) electrons. The minimum Gasteiger partial charge on any atom is -0.387 e. The summed E-state index contributed by atoms with van der Waals surface area (Å²) in [5, 5.41) is 10.9. The van der Waals surface area contributed by atoms with Crippen LogP contribution >= 0.6 is 9.24 Å². The van der Waals surface area contributed by atoms with Gasteiger partial charge in [0.25, 0.3) is 0 Å². The van der Waals surface area contributed by atoms with E-state index in [0.717, 1.165) is 12.8 Å². The first kappa shape index (κ1) is 13.5. The van der Waals surface area contributed by atoms with E-state index in [-0.39, 0.29) is 11.4 Å². The second-order valence-corrected chi connectivity index (χ2v) is 3.58. The second-order valence-electron chi connectivity index (χ2n) is 3.01. The van der Waals surface area contributed by atoms with Gasteiger partial charge in [0.1, 0.15) is 6.61 Å². The van der Waals surface area contributed by atoms with Crippen LogP contribution in [-0.2, 0) is 9.59 Å². The molecule has 0 aromatic carbocycles. The molecule has 0 saturated heterocycles. The zero-order valence-corrected chi connectivity index (χ0v) is 9.19. The predicted octanol–water partition coefficient (Wildman–Crippen LogP) is -1.01. The van der Waals surface area contributed by atoms with Crippen LogP contribution in [0.25, 0.3) is 0 Å². The van der Waals surface area contributed by atoms with Crippen molar-refractivity contribution in [3.8, 4) is 0 Å². The van der Waals surface area contributed by atoms with Crippen LogP contribution in [0.4, 0.5) is 0 Å². The van der Waals surface area contributed by atoms with E-state index < -0.39 is 12.6 Å². The van der Waals surface area contributed by atoms with Crippen LogP contribution < -0.4 is 11.1 Å². The SMILES string of the molecule is NC(CCCCNC(=O)CO)C(=O)P. The highest BCUT2D eigenvalue weighted by Crippen LogP contribution is 2.02. The van der Waals surface area contributed by atoms with E-state index in [0.29, 0.717) is 13.0 Å². The molecule has 82 valence electrons. The van der Waals surface area contributed by atoms with Crippen LogP contribution in [0.5, 0.6) is 0 Å². The molecule has 5 nitrogen and oxygen atoms in total. The molecule has 0 aliphatic heterocycles. The summed E-state index contributed by atoms with van der Waals surface area (Å²) in [7, 11) is 2.05. The number of carbonyl (C=O) groups is 2. The van der Waals surface area contributed by atoms with Gasteiger partial charge < -0.3 is 16.2 Å². The summed E-state index contributed by atoms with van der Waals surface area (Å²) in [5.41, 5.74) is 5.39. The summed E-state index contributed by atoms with van der Waals surface area (Å²) in [4.78, 5) is 21.3. The van der Waals surface area contributed by atoms with Crippen molar-refractivity contribution in [1.82, 2.24) is 5.32 Å². The average Bonchev–Trinajstić information content (AvgIpc) is 2.16. The van der Waals surface area contributed by atoms with Crippen LogP contribution in [0.3, 0.4) is 0 Å². The number of carbonyl (C=O) groups excluding carboxylic acids is 2. The molecule has 0 aromatic heterocycles. The molecule has 2 atom stereocenters. The van der Waals surface area contributed by atoms with E-state index in [2.05, 4.69) is 14.6 Å². The molecule has 0 rings (SSSR count). The molecule has 1 amide bonds. The molecule has 0 aromatic rings. The van der Waals surface area contributed by atoms with Crippen molar-refractivity contribution in [2.45, 2.75) is 25.3 Å². The number of nitrogens with two attached hydrogens (primary N) is 1. The van der Waals surface area contributed by atoms with Gasteiger partial charge in [0.05, 0.1) is 6.04 Å². The number of nitrogens with one attached hydrogen (secondary N) is 1. The van der Waals surface area contributed by atoms with Crippen molar-refractivity contribution in [1.29, 1.82) is 0 Å². The molecule has 0 saturated carbocycles. The number of aliphatic hydroxyl groups is 1. The fourth-order valence-corrected chi connectivity index (χ4v) is 1.08. The molecule has 4 N–H and O–H groups in total. The van der Waals surface area contributed by atoms with E-state index in [1.54, 1.807) is 0 Å². The van der Waals surface area contributed by atoms with Gasteiger partial charge in [-0.2, -0.15) is 0 Å². The predicted molar refractivity (Wildman–Crippen MR) is 56.6 cm³/mol. The Labute approximate surface area is 85.6 Å². The number of rotatable bonds is 7. The van der Waals surface area contributed by atoms with Gasteiger partial charge in [-0.25, -0.2) is 0 Å². The monoisotopic (exact) mass is 220 g/mol. The Hall–Kier alpha value is -0.510. The third-order valence-electron chi connectivity index (χ3n) is 1.77. The van der Waals surface area contributed by atoms with Gasteiger partial charge in [-0.15, -0.1) is 0 Å². The van der Waals surface area contributed by atoms with Gasteiger partial charge >= 0.3 is 0 Å². The largest absolute Gasteiger partial charge is 0.387 e. The summed E-state index contributed by atoms with van der Waals surface area (Å²) >= 11 is 0. The van der Waals surface area contributed by atoms with E-state index in [1.807, 2.05) is 0 Å².